The zero-order valence-electron chi connectivity index (χ0n) is 9.48. The molecule has 0 saturated carbocycles. The Balaban J connectivity index is 1.98. The third-order valence-corrected chi connectivity index (χ3v) is 3.24. The van der Waals surface area contributed by atoms with Gasteiger partial charge in [0.15, 0.2) is 0 Å². The summed E-state index contributed by atoms with van der Waals surface area (Å²) in [5, 5.41) is 2.72. The third kappa shape index (κ3) is 2.17. The molecule has 0 radical (unpaired) electrons. The molecule has 0 bridgehead atoms. The molecule has 3 rings (SSSR count). The summed E-state index contributed by atoms with van der Waals surface area (Å²) < 4.78 is 1.99. The second kappa shape index (κ2) is 4.39. The van der Waals surface area contributed by atoms with E-state index in [9.17, 15) is 9.59 Å². The minimum Gasteiger partial charge on any atom is -0.306 e. The van der Waals surface area contributed by atoms with Crippen molar-refractivity contribution in [3.63, 3.8) is 0 Å². The number of nitrogens with one attached hydrogen (secondary N) is 3. The van der Waals surface area contributed by atoms with Crippen molar-refractivity contribution < 1.29 is 4.79 Å². The first-order chi connectivity index (χ1) is 9.13. The summed E-state index contributed by atoms with van der Waals surface area (Å²) in [6, 6.07) is 3.05. The number of fused-ring (bicyclic) bond motifs is 1. The molecular weight excluding hydrogens is 314 g/mol. The maximum atomic E-state index is 11.9. The average molecular weight is 322 g/mol. The number of imidazole rings is 2. The maximum absolute atomic E-state index is 11.9. The van der Waals surface area contributed by atoms with Crippen molar-refractivity contribution in [3.05, 3.63) is 45.8 Å². The normalized spacial score (nSPS) is 10.8. The number of carbonyl (C=O) groups is 1. The minimum absolute atomic E-state index is 0.292. The van der Waals surface area contributed by atoms with Crippen LogP contribution in [0.1, 0.15) is 0 Å². The number of carbonyl (C=O) groups excluding carboxylic acids is 1. The summed E-state index contributed by atoms with van der Waals surface area (Å²) in [4.78, 5) is 32.1. The summed E-state index contributed by atoms with van der Waals surface area (Å²) in [7, 11) is 0. The van der Waals surface area contributed by atoms with Crippen LogP contribution in [0, 0.1) is 0 Å². The third-order valence-electron chi connectivity index (χ3n) is 2.58. The monoisotopic (exact) mass is 321 g/mol. The Bertz CT molecular complexity index is 802. The number of rotatable bonds is 1. The molecule has 0 unspecified atom stereocenters. The Morgan fingerprint density at radius 3 is 2.74 bits per heavy atom. The first-order valence-electron chi connectivity index (χ1n) is 5.34. The van der Waals surface area contributed by atoms with Crippen LogP contribution in [0.2, 0.25) is 0 Å². The molecule has 2 heterocycles. The zero-order valence-corrected chi connectivity index (χ0v) is 11.1. The fourth-order valence-electron chi connectivity index (χ4n) is 1.71. The molecule has 96 valence electrons. The number of amides is 1. The van der Waals surface area contributed by atoms with Crippen molar-refractivity contribution in [3.8, 4) is 0 Å². The van der Waals surface area contributed by atoms with Crippen molar-refractivity contribution in [2.45, 2.75) is 0 Å². The molecule has 1 amide bonds. The molecule has 0 aliphatic rings. The highest BCUT2D eigenvalue weighted by molar-refractivity contribution is 9.10. The molecule has 0 aliphatic carbocycles. The van der Waals surface area contributed by atoms with Crippen LogP contribution in [0.25, 0.3) is 11.0 Å². The fourth-order valence-corrected chi connectivity index (χ4v) is 2.15. The van der Waals surface area contributed by atoms with E-state index < -0.39 is 0 Å². The Morgan fingerprint density at radius 1 is 1.32 bits per heavy atom. The van der Waals surface area contributed by atoms with Crippen LogP contribution in [0.4, 0.5) is 10.5 Å². The van der Waals surface area contributed by atoms with Gasteiger partial charge in [0.05, 0.1) is 16.7 Å². The minimum atomic E-state index is -0.338. The largest absolute Gasteiger partial charge is 0.331 e. The lowest BCUT2D eigenvalue weighted by Crippen LogP contribution is -2.18. The second-order valence-corrected chi connectivity index (χ2v) is 4.71. The lowest BCUT2D eigenvalue weighted by molar-refractivity contribution is 0.253. The number of hydrogen-bond acceptors (Lipinski definition) is 3. The Labute approximate surface area is 114 Å². The highest BCUT2D eigenvalue weighted by atomic mass is 79.9. The van der Waals surface area contributed by atoms with Gasteiger partial charge in [-0.3, -0.25) is 4.57 Å². The van der Waals surface area contributed by atoms with Gasteiger partial charge in [-0.2, -0.15) is 0 Å². The highest BCUT2D eigenvalue weighted by Gasteiger charge is 2.09. The van der Waals surface area contributed by atoms with Gasteiger partial charge in [0.25, 0.3) is 0 Å². The Hall–Kier alpha value is -2.35. The van der Waals surface area contributed by atoms with Crippen LogP contribution in [-0.4, -0.2) is 25.6 Å². The molecule has 7 nitrogen and oxygen atoms in total. The van der Waals surface area contributed by atoms with Gasteiger partial charge in [0.1, 0.15) is 6.33 Å². The van der Waals surface area contributed by atoms with E-state index in [4.69, 9.17) is 0 Å². The topological polar surface area (TPSA) is 95.6 Å². The molecule has 19 heavy (non-hydrogen) atoms. The number of aromatic nitrogens is 4. The molecule has 0 saturated heterocycles. The maximum Gasteiger partial charge on any atom is 0.331 e. The van der Waals surface area contributed by atoms with Crippen LogP contribution in [0.5, 0.6) is 0 Å². The smallest absolute Gasteiger partial charge is 0.306 e. The fraction of sp³-hybridized carbons (Fsp3) is 0. The van der Waals surface area contributed by atoms with E-state index >= 15 is 0 Å². The van der Waals surface area contributed by atoms with E-state index in [0.29, 0.717) is 21.2 Å². The van der Waals surface area contributed by atoms with Crippen molar-refractivity contribution in [2.24, 2.45) is 0 Å². The number of halogens is 1. The van der Waals surface area contributed by atoms with Gasteiger partial charge < -0.3 is 15.3 Å². The molecule has 1 aromatic carbocycles. The SMILES string of the molecule is O=C(Nc1cc2[nH]c(=O)[nH]c2cc1Br)n1ccnc1. The van der Waals surface area contributed by atoms with Crippen LogP contribution in [0.3, 0.4) is 0 Å². The Kier molecular flexibility index (Phi) is 2.71. The van der Waals surface area contributed by atoms with Crippen LogP contribution in [0.15, 0.2) is 40.1 Å². The summed E-state index contributed by atoms with van der Waals surface area (Å²) in [5.74, 6) is 0. The van der Waals surface area contributed by atoms with Gasteiger partial charge in [-0.1, -0.05) is 0 Å². The summed E-state index contributed by atoms with van der Waals surface area (Å²) in [6.07, 6.45) is 4.46. The molecule has 0 spiro atoms. The molecule has 3 N–H and O–H groups in total. The molecule has 0 atom stereocenters. The summed E-state index contributed by atoms with van der Waals surface area (Å²) in [5.41, 5.74) is 1.55. The van der Waals surface area contributed by atoms with E-state index in [1.54, 1.807) is 18.3 Å². The number of aromatic amines is 2. The molecule has 0 aliphatic heterocycles. The number of hydrogen-bond donors (Lipinski definition) is 3. The van der Waals surface area contributed by atoms with Gasteiger partial charge in [-0.05, 0) is 28.1 Å². The van der Waals surface area contributed by atoms with Crippen LogP contribution in [-0.2, 0) is 0 Å². The average Bonchev–Trinajstić information content (AvgIpc) is 2.97. The van der Waals surface area contributed by atoms with E-state index in [1.807, 2.05) is 0 Å². The van der Waals surface area contributed by atoms with E-state index in [0.717, 1.165) is 0 Å². The van der Waals surface area contributed by atoms with Crippen LogP contribution >= 0.6 is 15.9 Å². The summed E-state index contributed by atoms with van der Waals surface area (Å²) >= 11 is 3.34. The lowest BCUT2D eigenvalue weighted by atomic mass is 10.3. The zero-order chi connectivity index (χ0) is 13.4. The van der Waals surface area contributed by atoms with E-state index in [-0.39, 0.29) is 11.7 Å². The number of anilines is 1. The molecular formula is C11H8BrN5O2. The van der Waals surface area contributed by atoms with Gasteiger partial charge in [-0.25, -0.2) is 14.6 Å². The number of benzene rings is 1. The predicted octanol–water partition coefficient (Wildman–Crippen LogP) is 1.90. The first-order valence-corrected chi connectivity index (χ1v) is 6.13. The molecule has 8 heteroatoms. The van der Waals surface area contributed by atoms with Gasteiger partial charge in [-0.15, -0.1) is 0 Å². The first kappa shape index (κ1) is 11.7. The van der Waals surface area contributed by atoms with E-state index in [1.165, 1.54) is 17.1 Å². The number of H-pyrrole nitrogens is 2. The standard InChI is InChI=1S/C11H8BrN5O2/c12-6-3-8-9(15-10(18)14-8)4-7(6)16-11(19)17-2-1-13-5-17/h1-5H,(H,16,19)(H2,14,15,18). The van der Waals surface area contributed by atoms with Gasteiger partial charge in [0, 0.05) is 16.9 Å². The highest BCUT2D eigenvalue weighted by Crippen LogP contribution is 2.26. The lowest BCUT2D eigenvalue weighted by Gasteiger charge is -2.07. The molecule has 0 fully saturated rings. The van der Waals surface area contributed by atoms with Crippen molar-refractivity contribution in [1.29, 1.82) is 0 Å². The van der Waals surface area contributed by atoms with Crippen LogP contribution < -0.4 is 11.0 Å². The predicted molar refractivity (Wildman–Crippen MR) is 73.3 cm³/mol. The second-order valence-electron chi connectivity index (χ2n) is 3.86. The Morgan fingerprint density at radius 2 is 2.05 bits per heavy atom. The number of nitrogens with zero attached hydrogens (tertiary/aromatic N) is 2. The van der Waals surface area contributed by atoms with Crippen molar-refractivity contribution in [2.75, 3.05) is 5.32 Å². The van der Waals surface area contributed by atoms with E-state index in [2.05, 4.69) is 36.2 Å². The van der Waals surface area contributed by atoms with Gasteiger partial charge in [0.2, 0.25) is 0 Å². The quantitative estimate of drug-likeness (QED) is 0.638. The molecule has 2 aromatic heterocycles. The van der Waals surface area contributed by atoms with Crippen molar-refractivity contribution in [1.82, 2.24) is 19.5 Å². The van der Waals surface area contributed by atoms with Gasteiger partial charge >= 0.3 is 11.7 Å². The van der Waals surface area contributed by atoms with Crippen molar-refractivity contribution >= 4 is 38.7 Å². The molecule has 3 aromatic rings. The summed E-state index contributed by atoms with van der Waals surface area (Å²) in [6.45, 7) is 0.